The molecule has 25 heavy (non-hydrogen) atoms. The number of esters is 1. The second-order valence-corrected chi connectivity index (χ2v) is 6.03. The molecule has 1 N–H and O–H groups in total. The third-order valence-corrected chi connectivity index (χ3v) is 3.78. The van der Waals surface area contributed by atoms with Crippen molar-refractivity contribution in [1.82, 2.24) is 5.32 Å². The summed E-state index contributed by atoms with van der Waals surface area (Å²) in [6, 6.07) is 8.56. The fourth-order valence-electron chi connectivity index (χ4n) is 1.85. The highest BCUT2D eigenvalue weighted by Crippen LogP contribution is 2.11. The third-order valence-electron chi connectivity index (χ3n) is 3.16. The lowest BCUT2D eigenvalue weighted by Gasteiger charge is -2.21. The Kier molecular flexibility index (Phi) is 13.4. The summed E-state index contributed by atoms with van der Waals surface area (Å²) in [4.78, 5) is 23.5. The van der Waals surface area contributed by atoms with Crippen LogP contribution in [0.5, 0.6) is 0 Å². The minimum Gasteiger partial charge on any atom is -0.467 e. The number of hydrogen-bond acceptors (Lipinski definition) is 4. The van der Waals surface area contributed by atoms with Crippen LogP contribution in [0, 0.1) is 5.92 Å². The summed E-state index contributed by atoms with van der Waals surface area (Å²) in [6.07, 6.45) is 3.49. The molecule has 0 spiro atoms. The van der Waals surface area contributed by atoms with Crippen molar-refractivity contribution in [3.05, 3.63) is 61.2 Å². The van der Waals surface area contributed by atoms with Crippen LogP contribution in [0.4, 0.5) is 4.79 Å². The lowest BCUT2D eigenvalue weighted by atomic mass is 9.98. The number of allylic oxidation sites excluding steroid dienone is 2. The molecule has 0 fully saturated rings. The lowest BCUT2D eigenvalue weighted by molar-refractivity contribution is -0.144. The molecular weight excluding hydrogens is 433 g/mol. The average Bonchev–Trinajstić information content (AvgIpc) is 2.65. The van der Waals surface area contributed by atoms with E-state index in [2.05, 4.69) is 41.1 Å². The van der Waals surface area contributed by atoms with Gasteiger partial charge >= 0.3 is 12.1 Å². The van der Waals surface area contributed by atoms with Crippen LogP contribution in [0.2, 0.25) is 0 Å². The van der Waals surface area contributed by atoms with Gasteiger partial charge in [0.1, 0.15) is 12.6 Å². The second kappa shape index (κ2) is 14.5. The van der Waals surface area contributed by atoms with Crippen molar-refractivity contribution in [1.29, 1.82) is 0 Å². The lowest BCUT2D eigenvalue weighted by Crippen LogP contribution is -2.45. The van der Waals surface area contributed by atoms with Crippen LogP contribution in [0.15, 0.2) is 55.6 Å². The molecular formula is C19H26INO4. The molecule has 0 aromatic heterocycles. The topological polar surface area (TPSA) is 64.6 Å². The number of nitrogens with one attached hydrogen (secondary N) is 1. The van der Waals surface area contributed by atoms with E-state index in [9.17, 15) is 9.59 Å². The van der Waals surface area contributed by atoms with Gasteiger partial charge in [-0.25, -0.2) is 9.59 Å². The van der Waals surface area contributed by atoms with Gasteiger partial charge in [-0.2, -0.15) is 0 Å². The van der Waals surface area contributed by atoms with Gasteiger partial charge in [-0.15, -0.1) is 13.2 Å². The Morgan fingerprint density at radius 3 is 2.32 bits per heavy atom. The Hall–Kier alpha value is -1.83. The molecule has 1 rings (SSSR count). The molecule has 0 saturated carbocycles. The second-order valence-electron chi connectivity index (χ2n) is 5.15. The van der Waals surface area contributed by atoms with E-state index in [4.69, 9.17) is 9.47 Å². The molecule has 0 saturated heterocycles. The Morgan fingerprint density at radius 2 is 1.84 bits per heavy atom. The molecule has 1 aromatic rings. The van der Waals surface area contributed by atoms with Gasteiger partial charge in [0.05, 0.1) is 7.11 Å². The molecule has 6 heteroatoms. The number of ether oxygens (including phenoxy) is 2. The summed E-state index contributed by atoms with van der Waals surface area (Å²) in [7, 11) is 1.28. The largest absolute Gasteiger partial charge is 0.467 e. The Labute approximate surface area is 163 Å². The molecule has 1 amide bonds. The number of alkyl carbamates (subject to hydrolysis) is 1. The summed E-state index contributed by atoms with van der Waals surface area (Å²) in [6.45, 7) is 9.08. The number of hydrogen-bond donors (Lipinski definition) is 1. The van der Waals surface area contributed by atoms with Gasteiger partial charge in [-0.05, 0) is 17.9 Å². The number of methoxy groups -OCH3 is 1. The number of benzene rings is 1. The zero-order valence-corrected chi connectivity index (χ0v) is 16.9. The monoisotopic (exact) mass is 459 g/mol. The molecule has 0 aliphatic carbocycles. The van der Waals surface area contributed by atoms with Crippen molar-refractivity contribution < 1.29 is 19.1 Å². The molecule has 0 aliphatic heterocycles. The number of amides is 1. The molecule has 138 valence electrons. The third kappa shape index (κ3) is 10.6. The van der Waals surface area contributed by atoms with Crippen molar-refractivity contribution in [2.45, 2.75) is 26.0 Å². The first-order valence-corrected chi connectivity index (χ1v) is 9.35. The van der Waals surface area contributed by atoms with Crippen LogP contribution < -0.4 is 5.32 Å². The number of halogens is 1. The first-order valence-electron chi connectivity index (χ1n) is 7.82. The minimum atomic E-state index is -0.753. The van der Waals surface area contributed by atoms with Gasteiger partial charge in [0.2, 0.25) is 0 Å². The van der Waals surface area contributed by atoms with Gasteiger partial charge in [0.25, 0.3) is 0 Å². The van der Waals surface area contributed by atoms with E-state index in [0.29, 0.717) is 6.42 Å². The van der Waals surface area contributed by atoms with Gasteiger partial charge in [-0.1, -0.05) is 72.0 Å². The van der Waals surface area contributed by atoms with E-state index >= 15 is 0 Å². The van der Waals surface area contributed by atoms with E-state index in [1.165, 1.54) is 7.11 Å². The van der Waals surface area contributed by atoms with Crippen molar-refractivity contribution in [3.8, 4) is 0 Å². The Bertz CT molecular complexity index is 533. The first-order chi connectivity index (χ1) is 12.0. The highest BCUT2D eigenvalue weighted by molar-refractivity contribution is 14.1. The molecule has 1 aromatic carbocycles. The summed E-state index contributed by atoms with van der Waals surface area (Å²) in [5.41, 5.74) is 0.876. The van der Waals surface area contributed by atoms with E-state index in [1.54, 1.807) is 6.08 Å². The molecule has 0 aliphatic rings. The van der Waals surface area contributed by atoms with Crippen LogP contribution >= 0.6 is 22.6 Å². The molecule has 0 radical (unpaired) electrons. The minimum absolute atomic E-state index is 0.126. The van der Waals surface area contributed by atoms with E-state index in [1.807, 2.05) is 43.3 Å². The maximum absolute atomic E-state index is 11.8. The molecule has 0 unspecified atom stereocenters. The van der Waals surface area contributed by atoms with E-state index in [-0.39, 0.29) is 12.5 Å². The zero-order valence-electron chi connectivity index (χ0n) is 14.7. The maximum atomic E-state index is 11.8. The van der Waals surface area contributed by atoms with Crippen LogP contribution in [0.1, 0.15) is 18.9 Å². The van der Waals surface area contributed by atoms with Crippen LogP contribution in [-0.4, -0.2) is 29.6 Å². The summed E-state index contributed by atoms with van der Waals surface area (Å²) in [5.74, 6) is -0.625. The molecule has 0 bridgehead atoms. The average molecular weight is 459 g/mol. The van der Waals surface area contributed by atoms with E-state index < -0.39 is 18.1 Å². The number of rotatable bonds is 8. The highest BCUT2D eigenvalue weighted by atomic mass is 127. The quantitative estimate of drug-likeness (QED) is 0.273. The number of carbonyl (C=O) groups excluding carboxylic acids is 2. The predicted molar refractivity (Wildman–Crippen MR) is 109 cm³/mol. The van der Waals surface area contributed by atoms with Crippen LogP contribution in [-0.2, 0) is 20.9 Å². The van der Waals surface area contributed by atoms with Gasteiger partial charge < -0.3 is 14.8 Å². The van der Waals surface area contributed by atoms with E-state index in [0.717, 1.165) is 9.99 Å². The highest BCUT2D eigenvalue weighted by Gasteiger charge is 2.27. The Morgan fingerprint density at radius 1 is 1.24 bits per heavy atom. The first kappa shape index (κ1) is 23.2. The number of alkyl halides is 1. The summed E-state index contributed by atoms with van der Waals surface area (Å²) >= 11 is 2.23. The Balaban J connectivity index is 0.00000129. The molecule has 0 heterocycles. The van der Waals surface area contributed by atoms with Crippen molar-refractivity contribution in [3.63, 3.8) is 0 Å². The number of carbonyl (C=O) groups is 2. The fraction of sp³-hybridized carbons (Fsp3) is 0.368. The smallest absolute Gasteiger partial charge is 0.408 e. The predicted octanol–water partition coefficient (Wildman–Crippen LogP) is 4.27. The van der Waals surface area contributed by atoms with Gasteiger partial charge in [0.15, 0.2) is 0 Å². The van der Waals surface area contributed by atoms with Crippen LogP contribution in [0.25, 0.3) is 0 Å². The SMILES string of the molecule is C=CCI.C=CC[C@H](C)[C@H](NC(=O)OCc1ccccc1)C(=O)OC. The maximum Gasteiger partial charge on any atom is 0.408 e. The summed E-state index contributed by atoms with van der Waals surface area (Å²) < 4.78 is 10.9. The van der Waals surface area contributed by atoms with Crippen LogP contribution in [0.3, 0.4) is 0 Å². The molecule has 2 atom stereocenters. The normalized spacial score (nSPS) is 11.8. The van der Waals surface area contributed by atoms with Crippen molar-refractivity contribution >= 4 is 34.7 Å². The van der Waals surface area contributed by atoms with Crippen molar-refractivity contribution in [2.24, 2.45) is 5.92 Å². The molecule has 5 nitrogen and oxygen atoms in total. The summed E-state index contributed by atoms with van der Waals surface area (Å²) in [5, 5.41) is 2.54. The standard InChI is InChI=1S/C16H21NO4.C3H5I/c1-4-8-12(2)14(15(18)20-3)17-16(19)21-11-13-9-6-5-7-10-13;1-2-3-4/h4-7,9-10,12,14H,1,8,11H2,2-3H3,(H,17,19);2H,1,3H2/t12-,14-;/m0./s1. The van der Waals surface area contributed by atoms with Gasteiger partial charge in [0, 0.05) is 4.43 Å². The van der Waals surface area contributed by atoms with Gasteiger partial charge in [-0.3, -0.25) is 0 Å². The fourth-order valence-corrected chi connectivity index (χ4v) is 1.85. The zero-order chi connectivity index (χ0) is 19.1. The van der Waals surface area contributed by atoms with Crippen molar-refractivity contribution in [2.75, 3.05) is 11.5 Å².